The number of benzene rings is 1. The third-order valence-corrected chi connectivity index (χ3v) is 5.15. The molecule has 1 fully saturated rings. The normalized spacial score (nSPS) is 14.2. The number of hydrogen-bond donors (Lipinski definition) is 1. The van der Waals surface area contributed by atoms with Crippen molar-refractivity contribution in [2.75, 3.05) is 51.9 Å². The Kier molecular flexibility index (Phi) is 6.77. The Morgan fingerprint density at radius 1 is 1.19 bits per heavy atom. The molecule has 2 aromatic heterocycles. The van der Waals surface area contributed by atoms with Gasteiger partial charge in [-0.05, 0) is 24.6 Å². The summed E-state index contributed by atoms with van der Waals surface area (Å²) in [6.07, 6.45) is 4.17. The first kappa shape index (κ1) is 20.8. The van der Waals surface area contributed by atoms with Crippen LogP contribution in [0.1, 0.15) is 6.42 Å². The van der Waals surface area contributed by atoms with Crippen LogP contribution in [-0.4, -0.2) is 61.4 Å². The summed E-state index contributed by atoms with van der Waals surface area (Å²) in [6, 6.07) is 9.31. The van der Waals surface area contributed by atoms with Crippen LogP contribution in [-0.2, 0) is 4.74 Å². The van der Waals surface area contributed by atoms with Gasteiger partial charge in [0.05, 0.1) is 44.7 Å². The highest BCUT2D eigenvalue weighted by Crippen LogP contribution is 2.39. The second kappa shape index (κ2) is 10.1. The molecule has 0 atom stereocenters. The summed E-state index contributed by atoms with van der Waals surface area (Å²) in [5.41, 5.74) is 1.78. The van der Waals surface area contributed by atoms with Crippen LogP contribution in [0.4, 0.5) is 17.2 Å². The van der Waals surface area contributed by atoms with Crippen molar-refractivity contribution >= 4 is 28.1 Å². The first-order valence-corrected chi connectivity index (χ1v) is 10.3. The second-order valence-electron chi connectivity index (χ2n) is 7.15. The number of hydrogen-bond acceptors (Lipinski definition) is 7. The number of methoxy groups -OCH3 is 1. The maximum Gasteiger partial charge on any atom is 0.228 e. The van der Waals surface area contributed by atoms with E-state index < -0.39 is 0 Å². The van der Waals surface area contributed by atoms with E-state index in [1.54, 1.807) is 19.5 Å². The minimum Gasteiger partial charge on any atom is -0.493 e. The van der Waals surface area contributed by atoms with Crippen LogP contribution in [0, 0.1) is 6.57 Å². The lowest BCUT2D eigenvalue weighted by Crippen LogP contribution is -2.37. The first-order valence-electron chi connectivity index (χ1n) is 10.3. The third-order valence-electron chi connectivity index (χ3n) is 5.15. The molecule has 1 saturated heterocycles. The zero-order valence-electron chi connectivity index (χ0n) is 17.5. The lowest BCUT2D eigenvalue weighted by Gasteiger charge is -2.26. The van der Waals surface area contributed by atoms with Crippen LogP contribution < -0.4 is 14.8 Å². The van der Waals surface area contributed by atoms with Gasteiger partial charge in [0.25, 0.3) is 0 Å². The molecule has 0 amide bonds. The number of rotatable bonds is 8. The molecule has 1 N–H and O–H groups in total. The molecule has 0 bridgehead atoms. The third kappa shape index (κ3) is 5.02. The van der Waals surface area contributed by atoms with Crippen LogP contribution >= 0.6 is 0 Å². The average molecular weight is 419 g/mol. The summed E-state index contributed by atoms with van der Waals surface area (Å²) >= 11 is 0. The van der Waals surface area contributed by atoms with Crippen LogP contribution in [0.25, 0.3) is 15.7 Å². The molecule has 0 radical (unpaired) electrons. The fourth-order valence-electron chi connectivity index (χ4n) is 3.54. The molecular formula is C23H25N5O3. The molecule has 0 aliphatic carbocycles. The van der Waals surface area contributed by atoms with Gasteiger partial charge in [0.2, 0.25) is 5.69 Å². The van der Waals surface area contributed by atoms with Gasteiger partial charge in [0.1, 0.15) is 5.82 Å². The first-order chi connectivity index (χ1) is 15.3. The lowest BCUT2D eigenvalue weighted by molar-refractivity contribution is 0.0357. The predicted molar refractivity (Wildman–Crippen MR) is 119 cm³/mol. The Labute approximate surface area is 181 Å². The number of nitrogens with zero attached hydrogens (tertiary/aromatic N) is 4. The van der Waals surface area contributed by atoms with Crippen LogP contribution in [0.5, 0.6) is 11.5 Å². The van der Waals surface area contributed by atoms with Gasteiger partial charge in [-0.2, -0.15) is 0 Å². The van der Waals surface area contributed by atoms with Crippen LogP contribution in [0.15, 0.2) is 42.7 Å². The number of ether oxygens (including phenoxy) is 3. The molecule has 31 heavy (non-hydrogen) atoms. The van der Waals surface area contributed by atoms with Crippen molar-refractivity contribution in [1.82, 2.24) is 14.9 Å². The maximum atomic E-state index is 7.55. The maximum absolute atomic E-state index is 7.55. The molecule has 4 rings (SSSR count). The second-order valence-corrected chi connectivity index (χ2v) is 7.15. The predicted octanol–water partition coefficient (Wildman–Crippen LogP) is 4.03. The summed E-state index contributed by atoms with van der Waals surface area (Å²) in [5, 5.41) is 4.04. The van der Waals surface area contributed by atoms with Gasteiger partial charge < -0.3 is 19.5 Å². The molecule has 3 heterocycles. The zero-order chi connectivity index (χ0) is 21.5. The van der Waals surface area contributed by atoms with Crippen LogP contribution in [0.2, 0.25) is 0 Å². The van der Waals surface area contributed by atoms with E-state index in [4.69, 9.17) is 20.8 Å². The number of anilines is 2. The van der Waals surface area contributed by atoms with Crippen molar-refractivity contribution in [2.45, 2.75) is 6.42 Å². The number of fused-ring (bicyclic) bond motifs is 1. The molecule has 1 aliphatic rings. The highest BCUT2D eigenvalue weighted by molar-refractivity contribution is 6.00. The molecule has 8 heteroatoms. The Morgan fingerprint density at radius 3 is 2.81 bits per heavy atom. The Bertz CT molecular complexity index is 1060. The van der Waals surface area contributed by atoms with E-state index in [9.17, 15) is 0 Å². The monoisotopic (exact) mass is 419 g/mol. The van der Waals surface area contributed by atoms with Gasteiger partial charge in [-0.1, -0.05) is 6.07 Å². The minimum absolute atomic E-state index is 0.418. The van der Waals surface area contributed by atoms with E-state index in [1.807, 2.05) is 30.3 Å². The minimum atomic E-state index is 0.418. The summed E-state index contributed by atoms with van der Waals surface area (Å²) in [7, 11) is 1.61. The lowest BCUT2D eigenvalue weighted by atomic mass is 10.1. The van der Waals surface area contributed by atoms with Crippen molar-refractivity contribution in [2.24, 2.45) is 0 Å². The number of aromatic nitrogens is 2. The van der Waals surface area contributed by atoms with Gasteiger partial charge in [-0.15, -0.1) is 0 Å². The van der Waals surface area contributed by atoms with E-state index in [2.05, 4.69) is 25.0 Å². The fraction of sp³-hybridized carbons (Fsp3) is 0.348. The molecule has 8 nitrogen and oxygen atoms in total. The Balaban J connectivity index is 1.57. The smallest absolute Gasteiger partial charge is 0.228 e. The molecule has 0 saturated carbocycles. The fourth-order valence-corrected chi connectivity index (χ4v) is 3.54. The van der Waals surface area contributed by atoms with E-state index in [1.165, 1.54) is 0 Å². The molecular weight excluding hydrogens is 394 g/mol. The van der Waals surface area contributed by atoms with E-state index in [-0.39, 0.29) is 0 Å². The topological polar surface area (TPSA) is 73.1 Å². The quantitative estimate of drug-likeness (QED) is 0.436. The van der Waals surface area contributed by atoms with Gasteiger partial charge in [0, 0.05) is 43.5 Å². The molecule has 0 unspecified atom stereocenters. The standard InChI is InChI=1S/C23H25N5O3/c1-24-19-16-26-18-15-20(29-2)21(31-11-5-8-28-9-12-30-13-10-28)14-17(18)23(19)27-22-6-3-4-7-25-22/h3-4,6-7,14-16H,5,8-13H2,2H3,(H,25,26,27). The van der Waals surface area contributed by atoms with Gasteiger partial charge in [-0.3, -0.25) is 9.88 Å². The van der Waals surface area contributed by atoms with Crippen molar-refractivity contribution in [3.8, 4) is 11.5 Å². The SMILES string of the molecule is [C-]#[N+]c1cnc2cc(OC)c(OCCCN3CCOCC3)cc2c1Nc1ccccn1. The van der Waals surface area contributed by atoms with E-state index in [0.29, 0.717) is 40.8 Å². The van der Waals surface area contributed by atoms with Gasteiger partial charge >= 0.3 is 0 Å². The molecule has 160 valence electrons. The van der Waals surface area contributed by atoms with Gasteiger partial charge in [0.15, 0.2) is 11.5 Å². The Morgan fingerprint density at radius 2 is 2.06 bits per heavy atom. The molecule has 1 aromatic carbocycles. The van der Waals surface area contributed by atoms with Crippen molar-refractivity contribution in [1.29, 1.82) is 0 Å². The van der Waals surface area contributed by atoms with Crippen molar-refractivity contribution in [3.05, 3.63) is 54.1 Å². The summed E-state index contributed by atoms with van der Waals surface area (Å²) in [5.74, 6) is 1.90. The largest absolute Gasteiger partial charge is 0.493 e. The van der Waals surface area contributed by atoms with Gasteiger partial charge in [-0.25, -0.2) is 9.83 Å². The zero-order valence-corrected chi connectivity index (χ0v) is 17.5. The highest BCUT2D eigenvalue weighted by atomic mass is 16.5. The Hall–Kier alpha value is -3.41. The molecule has 1 aliphatic heterocycles. The van der Waals surface area contributed by atoms with Crippen LogP contribution in [0.3, 0.4) is 0 Å². The highest BCUT2D eigenvalue weighted by Gasteiger charge is 2.15. The molecule has 0 spiro atoms. The van der Waals surface area contributed by atoms with Crippen molar-refractivity contribution < 1.29 is 14.2 Å². The number of nitrogens with one attached hydrogen (secondary N) is 1. The van der Waals surface area contributed by atoms with Crippen molar-refractivity contribution in [3.63, 3.8) is 0 Å². The number of pyridine rings is 2. The van der Waals surface area contributed by atoms with E-state index >= 15 is 0 Å². The summed E-state index contributed by atoms with van der Waals surface area (Å²) < 4.78 is 17.0. The summed E-state index contributed by atoms with van der Waals surface area (Å²) in [6.45, 7) is 12.6. The molecule has 3 aromatic rings. The number of morpholine rings is 1. The van der Waals surface area contributed by atoms with E-state index in [0.717, 1.165) is 44.7 Å². The summed E-state index contributed by atoms with van der Waals surface area (Å²) in [4.78, 5) is 14.8. The average Bonchev–Trinajstić information content (AvgIpc) is 2.83.